The van der Waals surface area contributed by atoms with Crippen molar-refractivity contribution in [2.45, 2.75) is 18.9 Å². The van der Waals surface area contributed by atoms with Crippen molar-refractivity contribution in [2.24, 2.45) is 0 Å². The zero-order valence-corrected chi connectivity index (χ0v) is 14.1. The van der Waals surface area contributed by atoms with Crippen LogP contribution in [0.15, 0.2) is 45.6 Å². The number of oxazole rings is 1. The third kappa shape index (κ3) is 3.01. The second-order valence-corrected chi connectivity index (χ2v) is 6.47. The number of halogens is 3. The molecule has 140 valence electrons. The molecule has 2 heterocycles. The molecule has 1 amide bonds. The molecule has 1 aromatic heterocycles. The van der Waals surface area contributed by atoms with Crippen molar-refractivity contribution >= 4 is 17.0 Å². The molecule has 4 rings (SSSR count). The first-order valence-electron chi connectivity index (χ1n) is 8.49. The van der Waals surface area contributed by atoms with Crippen LogP contribution < -0.4 is 5.76 Å². The molecule has 0 atom stereocenters. The SMILES string of the molecule is O=C(c1c(F)cccc1F)N1CCC(n2c(=O)oc3ccc(F)cc32)CC1. The maximum atomic E-state index is 13.8. The van der Waals surface area contributed by atoms with Crippen LogP contribution in [0.5, 0.6) is 0 Å². The summed E-state index contributed by atoms with van der Waals surface area (Å²) in [4.78, 5) is 26.0. The number of hydrogen-bond donors (Lipinski definition) is 0. The van der Waals surface area contributed by atoms with Gasteiger partial charge in [0.1, 0.15) is 23.0 Å². The van der Waals surface area contributed by atoms with Crippen LogP contribution in [-0.2, 0) is 0 Å². The van der Waals surface area contributed by atoms with Crippen LogP contribution in [0.3, 0.4) is 0 Å². The third-order valence-electron chi connectivity index (χ3n) is 4.87. The summed E-state index contributed by atoms with van der Waals surface area (Å²) in [6, 6.07) is 6.80. The maximum Gasteiger partial charge on any atom is 0.420 e. The van der Waals surface area contributed by atoms with E-state index in [1.165, 1.54) is 33.7 Å². The van der Waals surface area contributed by atoms with Gasteiger partial charge in [-0.05, 0) is 37.1 Å². The standard InChI is InChI=1S/C19H15F3N2O3/c20-11-4-5-16-15(10-11)24(19(26)27-16)12-6-8-23(9-7-12)18(25)17-13(21)2-1-3-14(17)22/h1-5,10,12H,6-9H2. The molecule has 3 aromatic rings. The van der Waals surface area contributed by atoms with Gasteiger partial charge < -0.3 is 9.32 Å². The summed E-state index contributed by atoms with van der Waals surface area (Å²) < 4.78 is 47.7. The Bertz CT molecular complexity index is 1060. The molecule has 27 heavy (non-hydrogen) atoms. The lowest BCUT2D eigenvalue weighted by atomic mass is 10.0. The summed E-state index contributed by atoms with van der Waals surface area (Å²) in [7, 11) is 0. The summed E-state index contributed by atoms with van der Waals surface area (Å²) in [5.41, 5.74) is 0.0576. The zero-order chi connectivity index (χ0) is 19.1. The van der Waals surface area contributed by atoms with E-state index in [-0.39, 0.29) is 24.7 Å². The normalized spacial score (nSPS) is 15.4. The predicted molar refractivity (Wildman–Crippen MR) is 91.0 cm³/mol. The molecule has 0 aliphatic carbocycles. The molecule has 0 spiro atoms. The molecule has 5 nitrogen and oxygen atoms in total. The molecule has 0 radical (unpaired) electrons. The van der Waals surface area contributed by atoms with Crippen LogP contribution >= 0.6 is 0 Å². The monoisotopic (exact) mass is 376 g/mol. The van der Waals surface area contributed by atoms with E-state index in [9.17, 15) is 22.8 Å². The Morgan fingerprint density at radius 2 is 1.70 bits per heavy atom. The quantitative estimate of drug-likeness (QED) is 0.688. The Labute approximate surface area is 151 Å². The first-order chi connectivity index (χ1) is 13.0. The lowest BCUT2D eigenvalue weighted by Crippen LogP contribution is -2.41. The van der Waals surface area contributed by atoms with Gasteiger partial charge in [0.2, 0.25) is 0 Å². The summed E-state index contributed by atoms with van der Waals surface area (Å²) in [6.45, 7) is 0.428. The summed E-state index contributed by atoms with van der Waals surface area (Å²) >= 11 is 0. The van der Waals surface area contributed by atoms with Gasteiger partial charge in [-0.15, -0.1) is 0 Å². The van der Waals surface area contributed by atoms with Crippen LogP contribution in [0.4, 0.5) is 13.2 Å². The summed E-state index contributed by atoms with van der Waals surface area (Å²) in [5.74, 6) is -3.62. The van der Waals surface area contributed by atoms with E-state index >= 15 is 0 Å². The van der Waals surface area contributed by atoms with Crippen molar-refractivity contribution in [3.8, 4) is 0 Å². The van der Waals surface area contributed by atoms with Gasteiger partial charge in [0, 0.05) is 25.2 Å². The van der Waals surface area contributed by atoms with Crippen LogP contribution in [0.2, 0.25) is 0 Å². The van der Waals surface area contributed by atoms with Crippen molar-refractivity contribution in [1.29, 1.82) is 0 Å². The van der Waals surface area contributed by atoms with Crippen molar-refractivity contribution in [2.75, 3.05) is 13.1 Å². The summed E-state index contributed by atoms with van der Waals surface area (Å²) in [6.07, 6.45) is 0.764. The lowest BCUT2D eigenvalue weighted by Gasteiger charge is -2.32. The highest BCUT2D eigenvalue weighted by molar-refractivity contribution is 5.94. The van der Waals surface area contributed by atoms with E-state index in [1.54, 1.807) is 0 Å². The van der Waals surface area contributed by atoms with Gasteiger partial charge in [0.15, 0.2) is 5.58 Å². The van der Waals surface area contributed by atoms with Gasteiger partial charge in [0.05, 0.1) is 5.52 Å². The molecule has 0 unspecified atom stereocenters. The smallest absolute Gasteiger partial charge is 0.408 e. The number of likely N-dealkylation sites (tertiary alicyclic amines) is 1. The highest BCUT2D eigenvalue weighted by Gasteiger charge is 2.29. The number of carbonyl (C=O) groups is 1. The van der Waals surface area contributed by atoms with Crippen LogP contribution in [0.25, 0.3) is 11.1 Å². The topological polar surface area (TPSA) is 55.5 Å². The van der Waals surface area contributed by atoms with Crippen molar-refractivity contribution in [3.05, 3.63) is 70.0 Å². The van der Waals surface area contributed by atoms with Gasteiger partial charge in [-0.2, -0.15) is 0 Å². The largest absolute Gasteiger partial charge is 0.420 e. The van der Waals surface area contributed by atoms with Crippen LogP contribution in [0, 0.1) is 17.5 Å². The van der Waals surface area contributed by atoms with E-state index < -0.39 is 34.7 Å². The molecule has 0 saturated carbocycles. The minimum absolute atomic E-state index is 0.214. The Balaban J connectivity index is 1.56. The van der Waals surface area contributed by atoms with Gasteiger partial charge in [-0.3, -0.25) is 9.36 Å². The highest BCUT2D eigenvalue weighted by atomic mass is 19.1. The van der Waals surface area contributed by atoms with E-state index in [4.69, 9.17) is 4.42 Å². The lowest BCUT2D eigenvalue weighted by molar-refractivity contribution is 0.0684. The number of nitrogens with zero attached hydrogens (tertiary/aromatic N) is 2. The second-order valence-electron chi connectivity index (χ2n) is 6.47. The van der Waals surface area contributed by atoms with Gasteiger partial charge in [-0.1, -0.05) is 6.07 Å². The minimum atomic E-state index is -0.908. The fourth-order valence-corrected chi connectivity index (χ4v) is 3.54. The first kappa shape index (κ1) is 17.4. The van der Waals surface area contributed by atoms with Gasteiger partial charge in [0.25, 0.3) is 5.91 Å². The van der Waals surface area contributed by atoms with Crippen molar-refractivity contribution < 1.29 is 22.4 Å². The number of rotatable bonds is 2. The highest BCUT2D eigenvalue weighted by Crippen LogP contribution is 2.27. The van der Waals surface area contributed by atoms with E-state index in [0.717, 1.165) is 12.1 Å². The number of hydrogen-bond acceptors (Lipinski definition) is 3. The fourth-order valence-electron chi connectivity index (χ4n) is 3.54. The van der Waals surface area contributed by atoms with E-state index in [0.29, 0.717) is 18.4 Å². The molecule has 0 N–H and O–H groups in total. The minimum Gasteiger partial charge on any atom is -0.408 e. The van der Waals surface area contributed by atoms with E-state index in [2.05, 4.69) is 0 Å². The predicted octanol–water partition coefficient (Wildman–Crippen LogP) is 3.49. The number of piperidine rings is 1. The number of fused-ring (bicyclic) bond motifs is 1. The van der Waals surface area contributed by atoms with E-state index in [1.807, 2.05) is 0 Å². The number of amides is 1. The maximum absolute atomic E-state index is 13.8. The van der Waals surface area contributed by atoms with Gasteiger partial charge in [-0.25, -0.2) is 18.0 Å². The summed E-state index contributed by atoms with van der Waals surface area (Å²) in [5, 5.41) is 0. The molecule has 2 aromatic carbocycles. The molecular weight excluding hydrogens is 361 g/mol. The Hall–Kier alpha value is -3.03. The number of aromatic nitrogens is 1. The van der Waals surface area contributed by atoms with Gasteiger partial charge >= 0.3 is 5.76 Å². The Morgan fingerprint density at radius 1 is 1.04 bits per heavy atom. The second kappa shape index (κ2) is 6.61. The average Bonchev–Trinajstić information content (AvgIpc) is 2.96. The number of benzene rings is 2. The average molecular weight is 376 g/mol. The molecular formula is C19H15F3N2O3. The molecule has 1 aliphatic heterocycles. The fraction of sp³-hybridized carbons (Fsp3) is 0.263. The molecule has 1 saturated heterocycles. The molecule has 8 heteroatoms. The van der Waals surface area contributed by atoms with Crippen molar-refractivity contribution in [3.63, 3.8) is 0 Å². The molecule has 1 fully saturated rings. The Kier molecular flexibility index (Phi) is 4.25. The Morgan fingerprint density at radius 3 is 2.37 bits per heavy atom. The molecule has 1 aliphatic rings. The number of carbonyl (C=O) groups excluding carboxylic acids is 1. The van der Waals surface area contributed by atoms with Crippen molar-refractivity contribution in [1.82, 2.24) is 9.47 Å². The van der Waals surface area contributed by atoms with Crippen LogP contribution in [0.1, 0.15) is 29.2 Å². The van der Waals surface area contributed by atoms with Crippen LogP contribution in [-0.4, -0.2) is 28.5 Å². The third-order valence-corrected chi connectivity index (χ3v) is 4.87. The zero-order valence-electron chi connectivity index (χ0n) is 14.1. The molecule has 0 bridgehead atoms. The first-order valence-corrected chi connectivity index (χ1v) is 8.49.